The van der Waals surface area contributed by atoms with Crippen LogP contribution in [0.3, 0.4) is 0 Å². The molecule has 0 radical (unpaired) electrons. The molecule has 1 aliphatic rings. The summed E-state index contributed by atoms with van der Waals surface area (Å²) in [4.78, 5) is 0. The first-order valence-corrected chi connectivity index (χ1v) is 7.44. The number of alkyl halides is 3. The van der Waals surface area contributed by atoms with E-state index in [-0.39, 0.29) is 6.04 Å². The van der Waals surface area contributed by atoms with Gasteiger partial charge in [0.25, 0.3) is 0 Å². The zero-order valence-corrected chi connectivity index (χ0v) is 12.3. The lowest BCUT2D eigenvalue weighted by molar-refractivity contribution is -0.140. The van der Waals surface area contributed by atoms with Crippen molar-refractivity contribution in [3.63, 3.8) is 0 Å². The maximum Gasteiger partial charge on any atom is 0.419 e. The van der Waals surface area contributed by atoms with E-state index in [1.807, 2.05) is 6.92 Å². The van der Waals surface area contributed by atoms with Gasteiger partial charge in [-0.05, 0) is 42.5 Å². The number of nitrogens with one attached hydrogen (secondary N) is 1. The third-order valence-electron chi connectivity index (χ3n) is 4.44. The third-order valence-corrected chi connectivity index (χ3v) is 4.44. The monoisotopic (exact) mass is 303 g/mol. The van der Waals surface area contributed by atoms with E-state index in [4.69, 9.17) is 0 Å². The standard InChI is InChI=1S/C16H21F4N/c1-3-21-15(12-6-4-5-10(12)2)11-7-8-13(14(17)9-11)16(18,19)20/h7-10,12,15,21H,3-6H2,1-2H3. The molecule has 1 nitrogen and oxygen atoms in total. The summed E-state index contributed by atoms with van der Waals surface area (Å²) < 4.78 is 51.7. The van der Waals surface area contributed by atoms with Crippen LogP contribution in [0.4, 0.5) is 17.6 Å². The quantitative estimate of drug-likeness (QED) is 0.778. The van der Waals surface area contributed by atoms with Crippen molar-refractivity contribution in [2.45, 2.75) is 45.3 Å². The van der Waals surface area contributed by atoms with Crippen molar-refractivity contribution in [2.24, 2.45) is 11.8 Å². The van der Waals surface area contributed by atoms with Gasteiger partial charge in [-0.1, -0.05) is 32.8 Å². The summed E-state index contributed by atoms with van der Waals surface area (Å²) in [6.45, 7) is 4.81. The molecular formula is C16H21F4N. The normalized spacial score (nSPS) is 24.3. The molecule has 1 aromatic carbocycles. The fourth-order valence-electron chi connectivity index (χ4n) is 3.36. The molecule has 118 valence electrons. The van der Waals surface area contributed by atoms with Crippen molar-refractivity contribution in [3.05, 3.63) is 35.1 Å². The van der Waals surface area contributed by atoms with Crippen molar-refractivity contribution in [3.8, 4) is 0 Å². The Morgan fingerprint density at radius 2 is 2.00 bits per heavy atom. The highest BCUT2D eigenvalue weighted by Gasteiger charge is 2.36. The molecule has 3 unspecified atom stereocenters. The first-order valence-electron chi connectivity index (χ1n) is 7.44. The van der Waals surface area contributed by atoms with Gasteiger partial charge in [0.1, 0.15) is 5.82 Å². The van der Waals surface area contributed by atoms with Gasteiger partial charge >= 0.3 is 6.18 Å². The molecule has 3 atom stereocenters. The first kappa shape index (κ1) is 16.3. The van der Waals surface area contributed by atoms with E-state index in [2.05, 4.69) is 12.2 Å². The molecule has 1 aromatic rings. The van der Waals surface area contributed by atoms with E-state index in [1.165, 1.54) is 6.07 Å². The summed E-state index contributed by atoms with van der Waals surface area (Å²) in [7, 11) is 0. The van der Waals surface area contributed by atoms with Crippen molar-refractivity contribution >= 4 is 0 Å². The lowest BCUT2D eigenvalue weighted by Gasteiger charge is -2.28. The second-order valence-corrected chi connectivity index (χ2v) is 5.84. The molecule has 5 heteroatoms. The summed E-state index contributed by atoms with van der Waals surface area (Å²) in [5.41, 5.74) is -0.581. The highest BCUT2D eigenvalue weighted by Crippen LogP contribution is 2.41. The Morgan fingerprint density at radius 1 is 1.29 bits per heavy atom. The van der Waals surface area contributed by atoms with Gasteiger partial charge in [0.15, 0.2) is 0 Å². The molecule has 1 fully saturated rings. The molecule has 0 aliphatic heterocycles. The Balaban J connectivity index is 2.31. The van der Waals surface area contributed by atoms with Gasteiger partial charge in [-0.25, -0.2) is 4.39 Å². The smallest absolute Gasteiger partial charge is 0.310 e. The number of benzene rings is 1. The molecule has 1 saturated carbocycles. The van der Waals surface area contributed by atoms with Crippen LogP contribution in [0.2, 0.25) is 0 Å². The van der Waals surface area contributed by atoms with Gasteiger partial charge in [0, 0.05) is 6.04 Å². The number of halogens is 4. The fourth-order valence-corrected chi connectivity index (χ4v) is 3.36. The molecule has 0 spiro atoms. The van der Waals surface area contributed by atoms with Crippen molar-refractivity contribution < 1.29 is 17.6 Å². The van der Waals surface area contributed by atoms with E-state index in [0.29, 0.717) is 23.9 Å². The number of hydrogen-bond acceptors (Lipinski definition) is 1. The lowest BCUT2D eigenvalue weighted by atomic mass is 9.85. The number of rotatable bonds is 4. The summed E-state index contributed by atoms with van der Waals surface area (Å²) in [6, 6.07) is 3.23. The van der Waals surface area contributed by atoms with Crippen molar-refractivity contribution in [1.29, 1.82) is 0 Å². The van der Waals surface area contributed by atoms with Crippen LogP contribution in [0.25, 0.3) is 0 Å². The molecule has 0 heterocycles. The van der Waals surface area contributed by atoms with Crippen LogP contribution in [0, 0.1) is 17.7 Å². The maximum absolute atomic E-state index is 13.8. The van der Waals surface area contributed by atoms with Crippen molar-refractivity contribution in [2.75, 3.05) is 6.54 Å². The van der Waals surface area contributed by atoms with Crippen molar-refractivity contribution in [1.82, 2.24) is 5.32 Å². The van der Waals surface area contributed by atoms with E-state index in [0.717, 1.165) is 31.4 Å². The zero-order chi connectivity index (χ0) is 15.6. The highest BCUT2D eigenvalue weighted by molar-refractivity contribution is 5.29. The minimum atomic E-state index is -4.64. The van der Waals surface area contributed by atoms with Gasteiger partial charge in [0.2, 0.25) is 0 Å². The van der Waals surface area contributed by atoms with Gasteiger partial charge < -0.3 is 5.32 Å². The maximum atomic E-state index is 13.8. The molecule has 1 aliphatic carbocycles. The van der Waals surface area contributed by atoms with E-state index in [1.54, 1.807) is 0 Å². The molecular weight excluding hydrogens is 282 g/mol. The zero-order valence-electron chi connectivity index (χ0n) is 12.3. The van der Waals surface area contributed by atoms with E-state index >= 15 is 0 Å². The average molecular weight is 303 g/mol. The van der Waals surface area contributed by atoms with Crippen LogP contribution in [-0.4, -0.2) is 6.54 Å². The summed E-state index contributed by atoms with van der Waals surface area (Å²) in [5, 5.41) is 3.31. The first-order chi connectivity index (χ1) is 9.84. The van der Waals surface area contributed by atoms with Crippen LogP contribution in [-0.2, 0) is 6.18 Å². The molecule has 0 bridgehead atoms. The summed E-state index contributed by atoms with van der Waals surface area (Å²) in [5.74, 6) is -0.339. The van der Waals surface area contributed by atoms with Crippen LogP contribution in [0.1, 0.15) is 50.3 Å². The summed E-state index contributed by atoms with van der Waals surface area (Å²) >= 11 is 0. The minimum Gasteiger partial charge on any atom is -0.310 e. The number of hydrogen-bond donors (Lipinski definition) is 1. The highest BCUT2D eigenvalue weighted by atomic mass is 19.4. The van der Waals surface area contributed by atoms with Gasteiger partial charge in [-0.3, -0.25) is 0 Å². The molecule has 1 N–H and O–H groups in total. The largest absolute Gasteiger partial charge is 0.419 e. The Labute approximate surface area is 122 Å². The SMILES string of the molecule is CCNC(c1ccc(C(F)(F)F)c(F)c1)C1CCCC1C. The Morgan fingerprint density at radius 3 is 2.48 bits per heavy atom. The lowest BCUT2D eigenvalue weighted by Crippen LogP contribution is -2.30. The molecule has 2 rings (SSSR count). The molecule has 21 heavy (non-hydrogen) atoms. The van der Waals surface area contributed by atoms with Gasteiger partial charge in [-0.15, -0.1) is 0 Å². The molecule has 0 aromatic heterocycles. The Hall–Kier alpha value is -1.10. The van der Waals surface area contributed by atoms with Gasteiger partial charge in [0.05, 0.1) is 5.56 Å². The topological polar surface area (TPSA) is 12.0 Å². The predicted octanol–water partition coefficient (Wildman–Crippen LogP) is 4.93. The second kappa shape index (κ2) is 6.34. The minimum absolute atomic E-state index is 0.0794. The Kier molecular flexibility index (Phi) is 4.91. The fraction of sp³-hybridized carbons (Fsp3) is 0.625. The van der Waals surface area contributed by atoms with Crippen LogP contribution < -0.4 is 5.32 Å². The summed E-state index contributed by atoms with van der Waals surface area (Å²) in [6.07, 6.45) is -1.37. The average Bonchev–Trinajstić information content (AvgIpc) is 2.80. The second-order valence-electron chi connectivity index (χ2n) is 5.84. The molecule has 0 saturated heterocycles. The van der Waals surface area contributed by atoms with Gasteiger partial charge in [-0.2, -0.15) is 13.2 Å². The predicted molar refractivity (Wildman–Crippen MR) is 74.3 cm³/mol. The van der Waals surface area contributed by atoms with E-state index < -0.39 is 17.6 Å². The van der Waals surface area contributed by atoms with E-state index in [9.17, 15) is 17.6 Å². The van der Waals surface area contributed by atoms with Crippen LogP contribution >= 0.6 is 0 Å². The van der Waals surface area contributed by atoms with Crippen LogP contribution in [0.15, 0.2) is 18.2 Å². The van der Waals surface area contributed by atoms with Crippen LogP contribution in [0.5, 0.6) is 0 Å². The molecule has 0 amide bonds. The Bertz CT molecular complexity index is 484. The third kappa shape index (κ3) is 3.57.